The Labute approximate surface area is 118 Å². The van der Waals surface area contributed by atoms with Crippen LogP contribution in [-0.4, -0.2) is 17.5 Å². The summed E-state index contributed by atoms with van der Waals surface area (Å²) in [5, 5.41) is 5.48. The maximum absolute atomic E-state index is 6.15. The van der Waals surface area contributed by atoms with Gasteiger partial charge in [0, 0.05) is 10.6 Å². The first-order chi connectivity index (χ1) is 9.29. The van der Waals surface area contributed by atoms with Gasteiger partial charge in [-0.2, -0.15) is 11.8 Å². The maximum Gasteiger partial charge on any atom is 0.137 e. The molecule has 1 aliphatic heterocycles. The molecule has 3 heteroatoms. The fourth-order valence-electron chi connectivity index (χ4n) is 2.88. The van der Waals surface area contributed by atoms with Gasteiger partial charge in [0.1, 0.15) is 11.3 Å². The number of fused-ring (bicyclic) bond motifs is 1. The molecule has 1 fully saturated rings. The van der Waals surface area contributed by atoms with Crippen molar-refractivity contribution in [2.45, 2.75) is 38.0 Å². The van der Waals surface area contributed by atoms with Crippen molar-refractivity contribution in [1.29, 1.82) is 0 Å². The largest absolute Gasteiger partial charge is 0.459 e. The van der Waals surface area contributed by atoms with Crippen LogP contribution in [0.3, 0.4) is 0 Å². The van der Waals surface area contributed by atoms with E-state index < -0.39 is 0 Å². The van der Waals surface area contributed by atoms with Gasteiger partial charge in [0.05, 0.1) is 6.04 Å². The van der Waals surface area contributed by atoms with Gasteiger partial charge in [-0.1, -0.05) is 25.1 Å². The normalized spacial score (nSPS) is 21.1. The summed E-state index contributed by atoms with van der Waals surface area (Å²) in [6.45, 7) is 5.26. The zero-order valence-electron chi connectivity index (χ0n) is 11.6. The molecule has 1 aromatic heterocycles. The van der Waals surface area contributed by atoms with E-state index in [2.05, 4.69) is 55.2 Å². The number of rotatable bonds is 4. The number of furan rings is 1. The van der Waals surface area contributed by atoms with Crippen molar-refractivity contribution in [1.82, 2.24) is 5.32 Å². The predicted octanol–water partition coefficient (Wildman–Crippen LogP) is 4.29. The van der Waals surface area contributed by atoms with Crippen molar-refractivity contribution in [2.24, 2.45) is 0 Å². The van der Waals surface area contributed by atoms with Crippen LogP contribution < -0.4 is 5.32 Å². The van der Waals surface area contributed by atoms with Crippen LogP contribution in [0, 0.1) is 6.92 Å². The molecule has 1 N–H and O–H groups in total. The predicted molar refractivity (Wildman–Crippen MR) is 82.8 cm³/mol. The van der Waals surface area contributed by atoms with Crippen molar-refractivity contribution in [3.63, 3.8) is 0 Å². The smallest absolute Gasteiger partial charge is 0.137 e. The summed E-state index contributed by atoms with van der Waals surface area (Å²) in [6, 6.07) is 8.92. The molecular weight excluding hydrogens is 254 g/mol. The van der Waals surface area contributed by atoms with Crippen LogP contribution in [0.15, 0.2) is 28.7 Å². The molecule has 0 bridgehead atoms. The molecule has 2 aromatic rings. The van der Waals surface area contributed by atoms with E-state index in [1.54, 1.807) is 0 Å². The van der Waals surface area contributed by atoms with Gasteiger partial charge in [0.15, 0.2) is 0 Å². The van der Waals surface area contributed by atoms with Crippen molar-refractivity contribution in [3.05, 3.63) is 35.6 Å². The lowest BCUT2D eigenvalue weighted by molar-refractivity contribution is 0.421. The van der Waals surface area contributed by atoms with Gasteiger partial charge < -0.3 is 9.73 Å². The Bertz CT molecular complexity index is 557. The number of hydrogen-bond acceptors (Lipinski definition) is 3. The summed E-state index contributed by atoms with van der Waals surface area (Å²) >= 11 is 2.08. The molecular formula is C16H21NOS. The topological polar surface area (TPSA) is 25.2 Å². The van der Waals surface area contributed by atoms with Gasteiger partial charge in [-0.05, 0) is 43.7 Å². The lowest BCUT2D eigenvalue weighted by Crippen LogP contribution is -2.28. The second kappa shape index (κ2) is 5.59. The van der Waals surface area contributed by atoms with Crippen molar-refractivity contribution in [2.75, 3.05) is 12.3 Å². The number of nitrogens with one attached hydrogen (secondary N) is 1. The highest BCUT2D eigenvalue weighted by molar-refractivity contribution is 8.00. The first kappa shape index (κ1) is 13.1. The SMILES string of the molecule is CCNC(c1cc2cccc(C)c2o1)C1CCCS1. The Morgan fingerprint density at radius 2 is 2.37 bits per heavy atom. The van der Waals surface area contributed by atoms with Crippen LogP contribution in [0.4, 0.5) is 0 Å². The molecule has 102 valence electrons. The summed E-state index contributed by atoms with van der Waals surface area (Å²) in [6.07, 6.45) is 2.62. The zero-order valence-corrected chi connectivity index (χ0v) is 12.4. The van der Waals surface area contributed by atoms with E-state index in [4.69, 9.17) is 4.42 Å². The Hall–Kier alpha value is -0.930. The van der Waals surface area contributed by atoms with E-state index in [1.807, 2.05) is 0 Å². The Morgan fingerprint density at radius 1 is 1.47 bits per heavy atom. The van der Waals surface area contributed by atoms with Gasteiger partial charge in [-0.15, -0.1) is 0 Å². The molecule has 2 unspecified atom stereocenters. The summed E-state index contributed by atoms with van der Waals surface area (Å²) in [5.41, 5.74) is 2.27. The van der Waals surface area contributed by atoms with Crippen LogP contribution >= 0.6 is 11.8 Å². The highest BCUT2D eigenvalue weighted by Gasteiger charge is 2.28. The van der Waals surface area contributed by atoms with E-state index in [0.29, 0.717) is 11.3 Å². The van der Waals surface area contributed by atoms with E-state index in [9.17, 15) is 0 Å². The average Bonchev–Trinajstić information content (AvgIpc) is 3.05. The average molecular weight is 275 g/mol. The number of aryl methyl sites for hydroxylation is 1. The van der Waals surface area contributed by atoms with Gasteiger partial charge in [0.25, 0.3) is 0 Å². The molecule has 19 heavy (non-hydrogen) atoms. The number of thioether (sulfide) groups is 1. The molecule has 2 atom stereocenters. The fourth-order valence-corrected chi connectivity index (χ4v) is 4.27. The van der Waals surface area contributed by atoms with Crippen molar-refractivity contribution in [3.8, 4) is 0 Å². The summed E-state index contributed by atoms with van der Waals surface area (Å²) in [7, 11) is 0. The van der Waals surface area contributed by atoms with E-state index >= 15 is 0 Å². The molecule has 0 aliphatic carbocycles. The molecule has 0 amide bonds. The monoisotopic (exact) mass is 275 g/mol. The third kappa shape index (κ3) is 2.54. The number of para-hydroxylation sites is 1. The van der Waals surface area contributed by atoms with E-state index in [-0.39, 0.29) is 0 Å². The Morgan fingerprint density at radius 3 is 3.05 bits per heavy atom. The van der Waals surface area contributed by atoms with Crippen molar-refractivity contribution >= 4 is 22.7 Å². The Balaban J connectivity index is 1.97. The summed E-state index contributed by atoms with van der Waals surface area (Å²) < 4.78 is 6.15. The van der Waals surface area contributed by atoms with Crippen LogP contribution in [-0.2, 0) is 0 Å². The first-order valence-corrected chi connectivity index (χ1v) is 8.18. The third-order valence-electron chi connectivity index (χ3n) is 3.83. The van der Waals surface area contributed by atoms with Crippen LogP contribution in [0.5, 0.6) is 0 Å². The maximum atomic E-state index is 6.15. The summed E-state index contributed by atoms with van der Waals surface area (Å²) in [5.74, 6) is 2.39. The number of benzene rings is 1. The van der Waals surface area contributed by atoms with E-state index in [0.717, 1.165) is 17.9 Å². The van der Waals surface area contributed by atoms with E-state index in [1.165, 1.54) is 29.5 Å². The molecule has 0 spiro atoms. The molecule has 2 nitrogen and oxygen atoms in total. The fraction of sp³-hybridized carbons (Fsp3) is 0.500. The molecule has 1 saturated heterocycles. The lowest BCUT2D eigenvalue weighted by Gasteiger charge is -2.21. The van der Waals surface area contributed by atoms with Crippen LogP contribution in [0.1, 0.15) is 37.1 Å². The molecule has 3 rings (SSSR count). The molecule has 0 saturated carbocycles. The van der Waals surface area contributed by atoms with Gasteiger partial charge >= 0.3 is 0 Å². The minimum Gasteiger partial charge on any atom is -0.459 e. The third-order valence-corrected chi connectivity index (χ3v) is 5.29. The summed E-state index contributed by atoms with van der Waals surface area (Å²) in [4.78, 5) is 0. The second-order valence-corrected chi connectivity index (χ2v) is 6.58. The van der Waals surface area contributed by atoms with Gasteiger partial charge in [0.2, 0.25) is 0 Å². The zero-order chi connectivity index (χ0) is 13.2. The lowest BCUT2D eigenvalue weighted by atomic mass is 10.1. The molecule has 0 radical (unpaired) electrons. The van der Waals surface area contributed by atoms with Gasteiger partial charge in [-0.3, -0.25) is 0 Å². The van der Waals surface area contributed by atoms with Crippen LogP contribution in [0.2, 0.25) is 0 Å². The first-order valence-electron chi connectivity index (χ1n) is 7.13. The minimum atomic E-state index is 0.351. The molecule has 1 aromatic carbocycles. The second-order valence-electron chi connectivity index (χ2n) is 5.23. The van der Waals surface area contributed by atoms with Crippen LogP contribution in [0.25, 0.3) is 11.0 Å². The minimum absolute atomic E-state index is 0.351. The highest BCUT2D eigenvalue weighted by Crippen LogP contribution is 2.38. The highest BCUT2D eigenvalue weighted by atomic mass is 32.2. The molecule has 1 aliphatic rings. The number of hydrogen-bond donors (Lipinski definition) is 1. The molecule has 2 heterocycles. The van der Waals surface area contributed by atoms with Gasteiger partial charge in [-0.25, -0.2) is 0 Å². The Kier molecular flexibility index (Phi) is 3.85. The standard InChI is InChI=1S/C16H21NOS/c1-3-17-15(14-8-5-9-19-14)13-10-12-7-4-6-11(2)16(12)18-13/h4,6-7,10,14-15,17H,3,5,8-9H2,1-2H3. The quantitative estimate of drug-likeness (QED) is 0.901. The van der Waals surface area contributed by atoms with Crippen molar-refractivity contribution < 1.29 is 4.42 Å².